The number of esters is 1. The van der Waals surface area contributed by atoms with Crippen LogP contribution in [-0.2, 0) is 11.8 Å². The van der Waals surface area contributed by atoms with Crippen molar-refractivity contribution in [2.24, 2.45) is 5.41 Å². The van der Waals surface area contributed by atoms with Crippen molar-refractivity contribution in [3.63, 3.8) is 0 Å². The van der Waals surface area contributed by atoms with Crippen molar-refractivity contribution in [2.45, 2.75) is 109 Å². The summed E-state index contributed by atoms with van der Waals surface area (Å²) in [5.41, 5.74) is 3.76. The maximum absolute atomic E-state index is 13.1. The van der Waals surface area contributed by atoms with E-state index in [1.54, 1.807) is 6.07 Å². The summed E-state index contributed by atoms with van der Waals surface area (Å²) in [6.07, 6.45) is 16.8. The van der Waals surface area contributed by atoms with Gasteiger partial charge in [-0.25, -0.2) is 4.79 Å². The summed E-state index contributed by atoms with van der Waals surface area (Å²) >= 11 is 3.78. The fraction of sp³-hybridized carbons (Fsp3) is 0.545. The molecule has 0 spiro atoms. The number of benzene rings is 2. The van der Waals surface area contributed by atoms with E-state index in [1.807, 2.05) is 18.2 Å². The SMILES string of the molecule is CCCCCc1ccc(OC(=O)c2ccc(C34CCC(CCCCC)(CC3)CC4)c(Br)c2)c(C#N)c1C#N. The largest absolute Gasteiger partial charge is 0.421 e. The Balaban J connectivity index is 1.48. The third kappa shape index (κ3) is 5.84. The number of unbranched alkanes of at least 4 members (excludes halogenated alkanes) is 4. The van der Waals surface area contributed by atoms with E-state index in [4.69, 9.17) is 4.74 Å². The lowest BCUT2D eigenvalue weighted by Gasteiger charge is -2.54. The van der Waals surface area contributed by atoms with Gasteiger partial charge in [0.05, 0.1) is 11.1 Å². The highest BCUT2D eigenvalue weighted by atomic mass is 79.9. The van der Waals surface area contributed by atoms with Gasteiger partial charge in [-0.15, -0.1) is 0 Å². The second-order valence-corrected chi connectivity index (χ2v) is 12.3. The molecule has 0 N–H and O–H groups in total. The quantitative estimate of drug-likeness (QED) is 0.152. The second kappa shape index (κ2) is 12.5. The van der Waals surface area contributed by atoms with E-state index in [-0.39, 0.29) is 16.7 Å². The molecule has 3 aliphatic rings. The van der Waals surface area contributed by atoms with Crippen molar-refractivity contribution in [1.29, 1.82) is 10.5 Å². The Hall–Kier alpha value is -2.63. The van der Waals surface area contributed by atoms with Gasteiger partial charge in [0, 0.05) is 4.47 Å². The highest BCUT2D eigenvalue weighted by Crippen LogP contribution is 2.60. The molecule has 0 saturated heterocycles. The van der Waals surface area contributed by atoms with Crippen LogP contribution >= 0.6 is 15.9 Å². The van der Waals surface area contributed by atoms with Crippen molar-refractivity contribution >= 4 is 21.9 Å². The third-order valence-corrected chi connectivity index (χ3v) is 9.87. The molecule has 4 nitrogen and oxygen atoms in total. The van der Waals surface area contributed by atoms with Gasteiger partial charge in [-0.05, 0) is 97.9 Å². The number of nitrogens with zero attached hydrogens (tertiary/aromatic N) is 2. The molecule has 5 heteroatoms. The topological polar surface area (TPSA) is 73.9 Å². The number of rotatable bonds is 11. The minimum absolute atomic E-state index is 0.135. The first-order valence-corrected chi connectivity index (χ1v) is 15.2. The predicted molar refractivity (Wildman–Crippen MR) is 154 cm³/mol. The lowest BCUT2D eigenvalue weighted by atomic mass is 9.51. The molecular weight excluding hydrogens is 536 g/mol. The average Bonchev–Trinajstić information content (AvgIpc) is 2.94. The molecule has 38 heavy (non-hydrogen) atoms. The molecule has 3 saturated carbocycles. The van der Waals surface area contributed by atoms with E-state index in [2.05, 4.69) is 48.0 Å². The number of fused-ring (bicyclic) bond motifs is 3. The molecule has 0 radical (unpaired) electrons. The Morgan fingerprint density at radius 3 is 2.16 bits per heavy atom. The monoisotopic (exact) mass is 574 g/mol. The Kier molecular flexibility index (Phi) is 9.32. The fourth-order valence-corrected chi connectivity index (χ4v) is 7.55. The Bertz CT molecular complexity index is 1230. The van der Waals surface area contributed by atoms with E-state index in [0.717, 1.165) is 35.7 Å². The summed E-state index contributed by atoms with van der Waals surface area (Å²) in [7, 11) is 0. The maximum Gasteiger partial charge on any atom is 0.343 e. The zero-order valence-corrected chi connectivity index (χ0v) is 24.5. The third-order valence-electron chi connectivity index (χ3n) is 9.22. The van der Waals surface area contributed by atoms with E-state index < -0.39 is 5.97 Å². The number of nitriles is 2. The number of aryl methyl sites for hydroxylation is 1. The van der Waals surface area contributed by atoms with Crippen molar-refractivity contribution in [2.75, 3.05) is 0 Å². The summed E-state index contributed by atoms with van der Waals surface area (Å²) in [5.74, 6) is -0.373. The van der Waals surface area contributed by atoms with Gasteiger partial charge in [0.1, 0.15) is 23.5 Å². The molecule has 0 aromatic heterocycles. The molecule has 2 bridgehead atoms. The Morgan fingerprint density at radius 1 is 0.895 bits per heavy atom. The molecule has 3 aliphatic carbocycles. The summed E-state index contributed by atoms with van der Waals surface area (Å²) in [5, 5.41) is 19.5. The molecule has 0 atom stereocenters. The maximum atomic E-state index is 13.1. The minimum Gasteiger partial charge on any atom is -0.421 e. The first-order valence-electron chi connectivity index (χ1n) is 14.4. The van der Waals surface area contributed by atoms with Crippen molar-refractivity contribution in [3.05, 3.63) is 62.6 Å². The van der Waals surface area contributed by atoms with Gasteiger partial charge in [0.25, 0.3) is 0 Å². The van der Waals surface area contributed by atoms with Crippen LogP contribution in [0.5, 0.6) is 5.75 Å². The number of halogens is 1. The first kappa shape index (κ1) is 28.4. The minimum atomic E-state index is -0.517. The van der Waals surface area contributed by atoms with E-state index in [1.165, 1.54) is 69.8 Å². The molecule has 5 rings (SSSR count). The number of hydrogen-bond donors (Lipinski definition) is 0. The van der Waals surface area contributed by atoms with Crippen LogP contribution in [0.25, 0.3) is 0 Å². The zero-order chi connectivity index (χ0) is 27.2. The van der Waals surface area contributed by atoms with Crippen molar-refractivity contribution < 1.29 is 9.53 Å². The number of hydrogen-bond acceptors (Lipinski definition) is 4. The zero-order valence-electron chi connectivity index (χ0n) is 22.9. The molecule has 0 heterocycles. The van der Waals surface area contributed by atoms with Crippen LogP contribution in [0.2, 0.25) is 0 Å². The lowest BCUT2D eigenvalue weighted by Crippen LogP contribution is -2.44. The molecular formula is C33H39BrN2O2. The highest BCUT2D eigenvalue weighted by molar-refractivity contribution is 9.10. The van der Waals surface area contributed by atoms with E-state index in [9.17, 15) is 15.3 Å². The van der Waals surface area contributed by atoms with Gasteiger partial charge in [-0.1, -0.05) is 74.0 Å². The van der Waals surface area contributed by atoms with Crippen LogP contribution in [0, 0.1) is 28.1 Å². The van der Waals surface area contributed by atoms with Crippen LogP contribution in [0.15, 0.2) is 34.8 Å². The molecule has 2 aromatic carbocycles. The fourth-order valence-electron chi connectivity index (χ4n) is 6.75. The van der Waals surface area contributed by atoms with Crippen LogP contribution in [-0.4, -0.2) is 5.97 Å². The summed E-state index contributed by atoms with van der Waals surface area (Å²) in [6, 6.07) is 13.5. The van der Waals surface area contributed by atoms with Gasteiger partial charge in [0.2, 0.25) is 0 Å². The van der Waals surface area contributed by atoms with Gasteiger partial charge in [-0.3, -0.25) is 0 Å². The molecule has 3 fully saturated rings. The van der Waals surface area contributed by atoms with Gasteiger partial charge in [0.15, 0.2) is 0 Å². The molecule has 2 aromatic rings. The number of carbonyl (C=O) groups is 1. The average molecular weight is 576 g/mol. The smallest absolute Gasteiger partial charge is 0.343 e. The first-order chi connectivity index (χ1) is 18.4. The van der Waals surface area contributed by atoms with Crippen molar-refractivity contribution in [1.82, 2.24) is 0 Å². The Labute approximate surface area is 236 Å². The number of ether oxygens (including phenoxy) is 1. The van der Waals surface area contributed by atoms with Gasteiger partial charge in [-0.2, -0.15) is 10.5 Å². The summed E-state index contributed by atoms with van der Waals surface area (Å²) in [4.78, 5) is 13.1. The second-order valence-electron chi connectivity index (χ2n) is 11.5. The molecule has 0 unspecified atom stereocenters. The van der Waals surface area contributed by atoms with Crippen LogP contribution in [0.1, 0.15) is 130 Å². The predicted octanol–water partition coefficient (Wildman–Crippen LogP) is 9.32. The number of carbonyl (C=O) groups excluding carboxylic acids is 1. The Morgan fingerprint density at radius 2 is 1.55 bits per heavy atom. The normalized spacial score (nSPS) is 22.0. The van der Waals surface area contributed by atoms with Crippen LogP contribution in [0.4, 0.5) is 0 Å². The van der Waals surface area contributed by atoms with Gasteiger partial charge < -0.3 is 4.74 Å². The summed E-state index contributed by atoms with van der Waals surface area (Å²) < 4.78 is 6.63. The molecule has 200 valence electrons. The highest BCUT2D eigenvalue weighted by Gasteiger charge is 2.49. The standard InChI is InChI=1S/C33H39BrN2O2/c1-3-5-7-9-24-11-13-30(27(23-36)26(24)22-35)38-31(37)25-10-12-28(29(34)21-25)33-18-15-32(16-19-33,17-20-33)14-8-6-4-2/h10-13,21H,3-9,14-20H2,1-2H3. The van der Waals surface area contributed by atoms with Crippen LogP contribution in [0.3, 0.4) is 0 Å². The van der Waals surface area contributed by atoms with E-state index >= 15 is 0 Å². The van der Waals surface area contributed by atoms with E-state index in [0.29, 0.717) is 16.5 Å². The molecule has 0 amide bonds. The lowest BCUT2D eigenvalue weighted by molar-refractivity contribution is 0.0302. The van der Waals surface area contributed by atoms with Gasteiger partial charge >= 0.3 is 5.97 Å². The summed E-state index contributed by atoms with van der Waals surface area (Å²) in [6.45, 7) is 4.40. The molecule has 0 aliphatic heterocycles. The van der Waals surface area contributed by atoms with Crippen molar-refractivity contribution in [3.8, 4) is 17.9 Å². The van der Waals surface area contributed by atoms with Crippen LogP contribution < -0.4 is 4.74 Å².